The number of fused-ring (bicyclic) bond motifs is 1. The third-order valence-electron chi connectivity index (χ3n) is 3.82. The van der Waals surface area contributed by atoms with E-state index in [0.29, 0.717) is 0 Å². The lowest BCUT2D eigenvalue weighted by molar-refractivity contribution is -0.139. The second-order valence-corrected chi connectivity index (χ2v) is 4.71. The summed E-state index contributed by atoms with van der Waals surface area (Å²) < 4.78 is 5.98. The molecule has 3 heteroatoms. The third-order valence-corrected chi connectivity index (χ3v) is 3.82. The number of para-hydroxylation sites is 1. The summed E-state index contributed by atoms with van der Waals surface area (Å²) in [6.07, 6.45) is 3.29. The first kappa shape index (κ1) is 9.70. The molecule has 1 saturated carbocycles. The van der Waals surface area contributed by atoms with Crippen LogP contribution in [0.3, 0.4) is 0 Å². The largest absolute Gasteiger partial charge is 0.486 e. The van der Waals surface area contributed by atoms with Crippen LogP contribution in [0.2, 0.25) is 0 Å². The molecule has 1 atom stereocenters. The summed E-state index contributed by atoms with van der Waals surface area (Å²) in [6, 6.07) is 7.83. The molecule has 1 fully saturated rings. The Hall–Kier alpha value is -1.51. The van der Waals surface area contributed by atoms with Crippen molar-refractivity contribution in [1.29, 1.82) is 0 Å². The van der Waals surface area contributed by atoms with Crippen LogP contribution in [0.5, 0.6) is 5.75 Å². The van der Waals surface area contributed by atoms with Crippen molar-refractivity contribution in [3.05, 3.63) is 29.8 Å². The smallest absolute Gasteiger partial charge is 0.304 e. The summed E-state index contributed by atoms with van der Waals surface area (Å²) in [4.78, 5) is 10.9. The first-order chi connectivity index (χ1) is 7.71. The van der Waals surface area contributed by atoms with Crippen LogP contribution in [0, 0.1) is 0 Å². The first-order valence-corrected chi connectivity index (χ1v) is 5.71. The molecule has 1 spiro atoms. The highest BCUT2D eigenvalue weighted by Crippen LogP contribution is 2.55. The van der Waals surface area contributed by atoms with Crippen LogP contribution in [0.1, 0.15) is 37.2 Å². The SMILES string of the molecule is O=C(O)CC1c2ccccc2OC12CCC2. The topological polar surface area (TPSA) is 46.5 Å². The van der Waals surface area contributed by atoms with E-state index < -0.39 is 5.97 Å². The van der Waals surface area contributed by atoms with Gasteiger partial charge in [-0.25, -0.2) is 0 Å². The normalized spacial score (nSPS) is 24.6. The van der Waals surface area contributed by atoms with Crippen molar-refractivity contribution in [2.24, 2.45) is 0 Å². The molecule has 0 amide bonds. The molecule has 84 valence electrons. The number of carboxylic acid groups (broad SMARTS) is 1. The Morgan fingerprint density at radius 3 is 2.81 bits per heavy atom. The second kappa shape index (κ2) is 3.24. The van der Waals surface area contributed by atoms with E-state index in [2.05, 4.69) is 0 Å². The van der Waals surface area contributed by atoms with Crippen LogP contribution >= 0.6 is 0 Å². The molecule has 1 aliphatic heterocycles. The predicted octanol–water partition coefficient (Wildman–Crippen LogP) is 2.56. The number of hydrogen-bond donors (Lipinski definition) is 1. The number of aliphatic carboxylic acids is 1. The summed E-state index contributed by atoms with van der Waals surface area (Å²) in [6.45, 7) is 0. The van der Waals surface area contributed by atoms with Crippen LogP contribution in [0.15, 0.2) is 24.3 Å². The van der Waals surface area contributed by atoms with E-state index in [-0.39, 0.29) is 17.9 Å². The van der Waals surface area contributed by atoms with Gasteiger partial charge in [0.05, 0.1) is 6.42 Å². The number of carboxylic acids is 1. The van der Waals surface area contributed by atoms with Gasteiger partial charge in [0.2, 0.25) is 0 Å². The molecule has 1 unspecified atom stereocenters. The number of rotatable bonds is 2. The van der Waals surface area contributed by atoms with Gasteiger partial charge in [0.1, 0.15) is 11.4 Å². The molecule has 0 bridgehead atoms. The lowest BCUT2D eigenvalue weighted by atomic mass is 9.69. The fourth-order valence-electron chi connectivity index (χ4n) is 2.88. The van der Waals surface area contributed by atoms with Crippen molar-refractivity contribution in [2.45, 2.75) is 37.2 Å². The molecule has 1 aromatic carbocycles. The van der Waals surface area contributed by atoms with Gasteiger partial charge in [-0.3, -0.25) is 4.79 Å². The maximum atomic E-state index is 10.9. The summed E-state index contributed by atoms with van der Waals surface area (Å²) in [5, 5.41) is 9.00. The molecule has 1 aromatic rings. The summed E-state index contributed by atoms with van der Waals surface area (Å²) >= 11 is 0. The Morgan fingerprint density at radius 2 is 2.19 bits per heavy atom. The minimum absolute atomic E-state index is 0.0370. The van der Waals surface area contributed by atoms with E-state index in [0.717, 1.165) is 30.6 Å². The molecule has 0 saturated heterocycles. The van der Waals surface area contributed by atoms with Gasteiger partial charge in [-0.2, -0.15) is 0 Å². The Kier molecular flexibility index (Phi) is 1.96. The molecule has 3 rings (SSSR count). The fourth-order valence-corrected chi connectivity index (χ4v) is 2.88. The summed E-state index contributed by atoms with van der Waals surface area (Å²) in [5.74, 6) is 0.181. The van der Waals surface area contributed by atoms with Crippen molar-refractivity contribution >= 4 is 5.97 Å². The average molecular weight is 218 g/mol. The predicted molar refractivity (Wildman–Crippen MR) is 58.6 cm³/mol. The van der Waals surface area contributed by atoms with Crippen molar-refractivity contribution in [2.75, 3.05) is 0 Å². The number of carbonyl (C=O) groups is 1. The molecule has 1 heterocycles. The number of benzene rings is 1. The molecule has 0 radical (unpaired) electrons. The van der Waals surface area contributed by atoms with Gasteiger partial charge in [-0.05, 0) is 25.3 Å². The molecule has 0 aromatic heterocycles. The van der Waals surface area contributed by atoms with Crippen LogP contribution in [-0.2, 0) is 4.79 Å². The zero-order chi connectivity index (χ0) is 11.2. The van der Waals surface area contributed by atoms with E-state index >= 15 is 0 Å². The van der Waals surface area contributed by atoms with Crippen LogP contribution in [-0.4, -0.2) is 16.7 Å². The highest BCUT2D eigenvalue weighted by Gasteiger charge is 2.52. The molecule has 16 heavy (non-hydrogen) atoms. The molecule has 1 N–H and O–H groups in total. The van der Waals surface area contributed by atoms with Crippen molar-refractivity contribution in [3.8, 4) is 5.75 Å². The molecule has 1 aliphatic carbocycles. The summed E-state index contributed by atoms with van der Waals surface area (Å²) in [5.41, 5.74) is 0.867. The molecule has 3 nitrogen and oxygen atoms in total. The van der Waals surface area contributed by atoms with E-state index in [4.69, 9.17) is 9.84 Å². The maximum absolute atomic E-state index is 10.9. The number of ether oxygens (including phenoxy) is 1. The zero-order valence-electron chi connectivity index (χ0n) is 8.98. The first-order valence-electron chi connectivity index (χ1n) is 5.71. The van der Waals surface area contributed by atoms with Crippen LogP contribution in [0.25, 0.3) is 0 Å². The molecular formula is C13H14O3. The maximum Gasteiger partial charge on any atom is 0.304 e. The van der Waals surface area contributed by atoms with E-state index in [1.165, 1.54) is 0 Å². The van der Waals surface area contributed by atoms with Crippen LogP contribution < -0.4 is 4.74 Å². The lowest BCUT2D eigenvalue weighted by Gasteiger charge is -2.41. The standard InChI is InChI=1S/C13H14O3/c14-12(15)8-10-9-4-1-2-5-11(9)16-13(10)6-3-7-13/h1-2,4-5,10H,3,6-8H2,(H,14,15). The van der Waals surface area contributed by atoms with Gasteiger partial charge in [-0.15, -0.1) is 0 Å². The lowest BCUT2D eigenvalue weighted by Crippen LogP contribution is -2.45. The van der Waals surface area contributed by atoms with Gasteiger partial charge in [0.15, 0.2) is 0 Å². The van der Waals surface area contributed by atoms with E-state index in [1.807, 2.05) is 24.3 Å². The Morgan fingerprint density at radius 1 is 1.44 bits per heavy atom. The highest BCUT2D eigenvalue weighted by atomic mass is 16.5. The van der Waals surface area contributed by atoms with Gasteiger partial charge in [0, 0.05) is 11.5 Å². The minimum Gasteiger partial charge on any atom is -0.486 e. The molecule has 2 aliphatic rings. The monoisotopic (exact) mass is 218 g/mol. The summed E-state index contributed by atoms with van der Waals surface area (Å²) in [7, 11) is 0. The number of hydrogen-bond acceptors (Lipinski definition) is 2. The average Bonchev–Trinajstić information content (AvgIpc) is 2.52. The van der Waals surface area contributed by atoms with Crippen molar-refractivity contribution in [1.82, 2.24) is 0 Å². The Labute approximate surface area is 94.0 Å². The fraction of sp³-hybridized carbons (Fsp3) is 0.462. The minimum atomic E-state index is -0.739. The zero-order valence-corrected chi connectivity index (χ0v) is 8.98. The van der Waals surface area contributed by atoms with Gasteiger partial charge < -0.3 is 9.84 Å². The molecular weight excluding hydrogens is 204 g/mol. The van der Waals surface area contributed by atoms with Crippen molar-refractivity contribution in [3.63, 3.8) is 0 Å². The second-order valence-electron chi connectivity index (χ2n) is 4.71. The van der Waals surface area contributed by atoms with E-state index in [9.17, 15) is 4.79 Å². The van der Waals surface area contributed by atoms with E-state index in [1.54, 1.807) is 0 Å². The quantitative estimate of drug-likeness (QED) is 0.829. The van der Waals surface area contributed by atoms with Gasteiger partial charge in [0.25, 0.3) is 0 Å². The highest BCUT2D eigenvalue weighted by molar-refractivity contribution is 5.69. The van der Waals surface area contributed by atoms with Gasteiger partial charge in [-0.1, -0.05) is 18.2 Å². The Balaban J connectivity index is 1.99. The van der Waals surface area contributed by atoms with Gasteiger partial charge >= 0.3 is 5.97 Å². The van der Waals surface area contributed by atoms with Crippen molar-refractivity contribution < 1.29 is 14.6 Å². The third kappa shape index (κ3) is 1.24. The Bertz CT molecular complexity index is 435. The van der Waals surface area contributed by atoms with Crippen LogP contribution in [0.4, 0.5) is 0 Å².